The predicted molar refractivity (Wildman–Crippen MR) is 86.1 cm³/mol. The van der Waals surface area contributed by atoms with Crippen LogP contribution in [0, 0.1) is 34.5 Å². The van der Waals surface area contributed by atoms with Crippen LogP contribution in [0.15, 0.2) is 18.2 Å². The fourth-order valence-corrected chi connectivity index (χ4v) is 4.06. The van der Waals surface area contributed by atoms with Gasteiger partial charge in [-0.05, 0) is 55.2 Å². The van der Waals surface area contributed by atoms with Crippen LogP contribution < -0.4 is 9.47 Å². The number of hydrogen-bond acceptors (Lipinski definition) is 4. The van der Waals surface area contributed by atoms with Crippen molar-refractivity contribution in [2.75, 3.05) is 7.11 Å². The number of benzene rings is 1. The molecule has 2 saturated carbocycles. The van der Waals surface area contributed by atoms with E-state index in [1.165, 1.54) is 19.3 Å². The summed E-state index contributed by atoms with van der Waals surface area (Å²) in [6, 6.07) is 10.1. The van der Waals surface area contributed by atoms with Crippen LogP contribution in [0.5, 0.6) is 11.5 Å². The molecule has 0 spiro atoms. The Hall–Kier alpha value is -2.20. The third-order valence-corrected chi connectivity index (χ3v) is 5.29. The van der Waals surface area contributed by atoms with E-state index in [1.54, 1.807) is 7.11 Å². The van der Waals surface area contributed by atoms with Crippen LogP contribution in [0.3, 0.4) is 0 Å². The predicted octanol–water partition coefficient (Wildman–Crippen LogP) is 4.17. The standard InChI is InChI=1S/C19H22N2O2/c1-22-17-5-4-15(14(6-8-20)7-9-21)12-19(17)23-18-11-13-2-3-16(18)10-13/h4-5,12-14,16,18H,2-3,6-7,10-11H2,1H3/t13?,16?,18-/m1/s1. The lowest BCUT2D eigenvalue weighted by molar-refractivity contribution is 0.133. The second-order valence-electron chi connectivity index (χ2n) is 6.66. The quantitative estimate of drug-likeness (QED) is 0.790. The highest BCUT2D eigenvalue weighted by Crippen LogP contribution is 2.47. The van der Waals surface area contributed by atoms with Gasteiger partial charge in [-0.15, -0.1) is 0 Å². The van der Waals surface area contributed by atoms with Crippen molar-refractivity contribution in [3.8, 4) is 23.6 Å². The Morgan fingerprint density at radius 3 is 2.48 bits per heavy atom. The molecule has 0 aliphatic heterocycles. The number of ether oxygens (including phenoxy) is 2. The summed E-state index contributed by atoms with van der Waals surface area (Å²) >= 11 is 0. The molecule has 2 aliphatic rings. The van der Waals surface area contributed by atoms with Crippen LogP contribution in [0.4, 0.5) is 0 Å². The van der Waals surface area contributed by atoms with E-state index in [9.17, 15) is 0 Å². The third kappa shape index (κ3) is 3.27. The average Bonchev–Trinajstić information content (AvgIpc) is 3.17. The molecule has 2 aliphatic carbocycles. The number of methoxy groups -OCH3 is 1. The zero-order chi connectivity index (χ0) is 16.2. The van der Waals surface area contributed by atoms with E-state index >= 15 is 0 Å². The van der Waals surface area contributed by atoms with Gasteiger partial charge >= 0.3 is 0 Å². The topological polar surface area (TPSA) is 66.0 Å². The first kappa shape index (κ1) is 15.7. The van der Waals surface area contributed by atoms with Crippen LogP contribution in [0.1, 0.15) is 50.0 Å². The molecule has 0 amide bonds. The van der Waals surface area contributed by atoms with E-state index in [0.29, 0.717) is 18.8 Å². The first-order valence-electron chi connectivity index (χ1n) is 8.33. The van der Waals surface area contributed by atoms with Gasteiger partial charge in [-0.1, -0.05) is 6.07 Å². The lowest BCUT2D eigenvalue weighted by Gasteiger charge is -2.25. The molecule has 1 aromatic carbocycles. The lowest BCUT2D eigenvalue weighted by Crippen LogP contribution is -2.23. The van der Waals surface area contributed by atoms with Crippen LogP contribution in [0.25, 0.3) is 0 Å². The molecular formula is C19H22N2O2. The van der Waals surface area contributed by atoms with E-state index in [0.717, 1.165) is 29.4 Å². The average molecular weight is 310 g/mol. The molecule has 120 valence electrons. The zero-order valence-electron chi connectivity index (χ0n) is 13.5. The molecule has 3 rings (SSSR count). The summed E-state index contributed by atoms with van der Waals surface area (Å²) in [5.74, 6) is 2.90. The van der Waals surface area contributed by atoms with Gasteiger partial charge in [0, 0.05) is 18.8 Å². The van der Waals surface area contributed by atoms with E-state index in [2.05, 4.69) is 12.1 Å². The Balaban J connectivity index is 1.81. The molecule has 0 saturated heterocycles. The maximum absolute atomic E-state index is 8.98. The van der Waals surface area contributed by atoms with Gasteiger partial charge in [0.15, 0.2) is 11.5 Å². The van der Waals surface area contributed by atoms with Gasteiger partial charge in [-0.25, -0.2) is 0 Å². The molecule has 2 fully saturated rings. The molecule has 3 atom stereocenters. The fourth-order valence-electron chi connectivity index (χ4n) is 4.06. The minimum absolute atomic E-state index is 0.0710. The summed E-state index contributed by atoms with van der Waals surface area (Å²) in [6.45, 7) is 0. The van der Waals surface area contributed by atoms with E-state index in [1.807, 2.05) is 18.2 Å². The van der Waals surface area contributed by atoms with Crippen LogP contribution in [0.2, 0.25) is 0 Å². The summed E-state index contributed by atoms with van der Waals surface area (Å²) in [5.41, 5.74) is 0.979. The SMILES string of the molecule is COc1ccc(C(CC#N)CC#N)cc1O[C@@H]1CC2CCC1C2. The van der Waals surface area contributed by atoms with Crippen molar-refractivity contribution in [1.29, 1.82) is 10.5 Å². The molecule has 4 heteroatoms. The van der Waals surface area contributed by atoms with Crippen molar-refractivity contribution < 1.29 is 9.47 Å². The molecule has 1 aromatic rings. The number of fused-ring (bicyclic) bond motifs is 2. The number of hydrogen-bond donors (Lipinski definition) is 0. The fraction of sp³-hybridized carbons (Fsp3) is 0.579. The minimum atomic E-state index is -0.0710. The molecule has 0 radical (unpaired) electrons. The van der Waals surface area contributed by atoms with Crippen molar-refractivity contribution in [2.24, 2.45) is 11.8 Å². The van der Waals surface area contributed by atoms with Gasteiger partial charge in [0.1, 0.15) is 6.10 Å². The highest BCUT2D eigenvalue weighted by Gasteiger charge is 2.41. The Kier molecular flexibility index (Phi) is 4.72. The van der Waals surface area contributed by atoms with Crippen molar-refractivity contribution in [3.63, 3.8) is 0 Å². The van der Waals surface area contributed by atoms with Crippen molar-refractivity contribution in [2.45, 2.75) is 50.5 Å². The highest BCUT2D eigenvalue weighted by atomic mass is 16.5. The molecule has 4 nitrogen and oxygen atoms in total. The second kappa shape index (κ2) is 6.92. The Labute approximate surface area is 137 Å². The molecular weight excluding hydrogens is 288 g/mol. The van der Waals surface area contributed by atoms with Crippen LogP contribution in [-0.4, -0.2) is 13.2 Å². The van der Waals surface area contributed by atoms with E-state index in [-0.39, 0.29) is 12.0 Å². The molecule has 2 bridgehead atoms. The Bertz CT molecular complexity index is 628. The Morgan fingerprint density at radius 1 is 1.13 bits per heavy atom. The first-order chi connectivity index (χ1) is 11.2. The highest BCUT2D eigenvalue weighted by molar-refractivity contribution is 5.44. The molecule has 0 heterocycles. The van der Waals surface area contributed by atoms with Crippen molar-refractivity contribution in [1.82, 2.24) is 0 Å². The summed E-state index contributed by atoms with van der Waals surface area (Å²) < 4.78 is 11.7. The zero-order valence-corrected chi connectivity index (χ0v) is 13.5. The first-order valence-corrected chi connectivity index (χ1v) is 8.33. The number of nitrogens with zero attached hydrogens (tertiary/aromatic N) is 2. The third-order valence-electron chi connectivity index (χ3n) is 5.29. The molecule has 0 aromatic heterocycles. The largest absolute Gasteiger partial charge is 0.493 e. The maximum atomic E-state index is 8.98. The van der Waals surface area contributed by atoms with Gasteiger partial charge in [-0.3, -0.25) is 0 Å². The smallest absolute Gasteiger partial charge is 0.161 e. The summed E-state index contributed by atoms with van der Waals surface area (Å²) in [7, 11) is 1.64. The van der Waals surface area contributed by atoms with Crippen LogP contribution in [-0.2, 0) is 0 Å². The molecule has 0 N–H and O–H groups in total. The number of rotatable bonds is 6. The maximum Gasteiger partial charge on any atom is 0.161 e. The monoisotopic (exact) mass is 310 g/mol. The van der Waals surface area contributed by atoms with Gasteiger partial charge in [0.2, 0.25) is 0 Å². The van der Waals surface area contributed by atoms with Gasteiger partial charge in [0.05, 0.1) is 19.2 Å². The van der Waals surface area contributed by atoms with E-state index in [4.69, 9.17) is 20.0 Å². The van der Waals surface area contributed by atoms with Gasteiger partial charge in [0.25, 0.3) is 0 Å². The van der Waals surface area contributed by atoms with Gasteiger partial charge in [-0.2, -0.15) is 10.5 Å². The van der Waals surface area contributed by atoms with E-state index < -0.39 is 0 Å². The van der Waals surface area contributed by atoms with Gasteiger partial charge < -0.3 is 9.47 Å². The van der Waals surface area contributed by atoms with Crippen molar-refractivity contribution >= 4 is 0 Å². The van der Waals surface area contributed by atoms with Crippen LogP contribution >= 0.6 is 0 Å². The normalized spacial score (nSPS) is 25.1. The minimum Gasteiger partial charge on any atom is -0.493 e. The molecule has 2 unspecified atom stereocenters. The molecule has 23 heavy (non-hydrogen) atoms. The summed E-state index contributed by atoms with van der Waals surface area (Å²) in [5, 5.41) is 18.0. The summed E-state index contributed by atoms with van der Waals surface area (Å²) in [6.07, 6.45) is 6.00. The Morgan fingerprint density at radius 2 is 1.91 bits per heavy atom. The number of nitriles is 2. The summed E-state index contributed by atoms with van der Waals surface area (Å²) in [4.78, 5) is 0. The lowest BCUT2D eigenvalue weighted by atomic mass is 9.93. The second-order valence-corrected chi connectivity index (χ2v) is 6.66. The van der Waals surface area contributed by atoms with Crippen molar-refractivity contribution in [3.05, 3.63) is 23.8 Å².